The minimum Gasteiger partial charge on any atom is -0.316 e. The number of rotatable bonds is 7. The molecule has 1 aromatic heterocycles. The molecular weight excluding hydrogens is 252 g/mol. The van der Waals surface area contributed by atoms with Gasteiger partial charge in [0.1, 0.15) is 0 Å². The van der Waals surface area contributed by atoms with Crippen molar-refractivity contribution in [2.24, 2.45) is 17.8 Å². The van der Waals surface area contributed by atoms with E-state index in [0.717, 1.165) is 24.3 Å². The van der Waals surface area contributed by atoms with E-state index in [1.165, 1.54) is 50.1 Å². The zero-order chi connectivity index (χ0) is 13.5. The number of hydrogen-bond donors (Lipinski definition) is 1. The first-order valence-corrected chi connectivity index (χ1v) is 8.80. The highest BCUT2D eigenvalue weighted by Gasteiger charge is 2.29. The number of hydrogen-bond acceptors (Lipinski definition) is 3. The van der Waals surface area contributed by atoms with Crippen LogP contribution in [0.1, 0.15) is 51.0 Å². The number of nitrogens with one attached hydrogen (secondary N) is 1. The third-order valence-corrected chi connectivity index (χ3v) is 5.38. The molecule has 2 rings (SSSR count). The molecule has 1 aliphatic carbocycles. The molecule has 1 fully saturated rings. The molecule has 0 aliphatic heterocycles. The summed E-state index contributed by atoms with van der Waals surface area (Å²) in [6.07, 6.45) is 9.99. The van der Waals surface area contributed by atoms with E-state index in [1.807, 2.05) is 17.5 Å². The van der Waals surface area contributed by atoms with Gasteiger partial charge in [-0.3, -0.25) is 0 Å². The number of thiazole rings is 1. The van der Waals surface area contributed by atoms with Crippen molar-refractivity contribution in [2.75, 3.05) is 13.1 Å². The minimum atomic E-state index is 0.842. The van der Waals surface area contributed by atoms with Crippen LogP contribution in [0.2, 0.25) is 0 Å². The predicted octanol–water partition coefficient (Wildman–Crippen LogP) is 4.13. The fourth-order valence-electron chi connectivity index (χ4n) is 3.36. The Hall–Kier alpha value is -0.410. The third-order valence-electron chi connectivity index (χ3n) is 4.58. The van der Waals surface area contributed by atoms with E-state index in [4.69, 9.17) is 0 Å². The first-order valence-electron chi connectivity index (χ1n) is 7.92. The summed E-state index contributed by atoms with van der Waals surface area (Å²) < 4.78 is 0. The standard InChI is InChI=1S/C16H28N2S/c1-3-7-17-12-14-6-5-13(4-2)10-15(14)11-16-18-8-9-19-16/h8-9,13-15,17H,3-7,10-12H2,1-2H3. The van der Waals surface area contributed by atoms with Gasteiger partial charge in [0.2, 0.25) is 0 Å². The van der Waals surface area contributed by atoms with Gasteiger partial charge in [0.15, 0.2) is 0 Å². The molecule has 0 spiro atoms. The van der Waals surface area contributed by atoms with Crippen molar-refractivity contribution in [3.63, 3.8) is 0 Å². The van der Waals surface area contributed by atoms with Crippen LogP contribution < -0.4 is 5.32 Å². The Morgan fingerprint density at radius 2 is 2.21 bits per heavy atom. The zero-order valence-corrected chi connectivity index (χ0v) is 13.2. The van der Waals surface area contributed by atoms with Crippen LogP contribution in [0.3, 0.4) is 0 Å². The van der Waals surface area contributed by atoms with Gasteiger partial charge in [-0.15, -0.1) is 11.3 Å². The highest BCUT2D eigenvalue weighted by molar-refractivity contribution is 7.09. The van der Waals surface area contributed by atoms with Crippen LogP contribution in [-0.4, -0.2) is 18.1 Å². The van der Waals surface area contributed by atoms with Crippen molar-refractivity contribution in [3.05, 3.63) is 16.6 Å². The summed E-state index contributed by atoms with van der Waals surface area (Å²) in [5, 5.41) is 7.08. The first-order chi connectivity index (χ1) is 9.33. The SMILES string of the molecule is CCCNCC1CCC(CC)CC1Cc1nccs1. The lowest BCUT2D eigenvalue weighted by molar-refractivity contribution is 0.171. The average molecular weight is 280 g/mol. The first kappa shape index (κ1) is 15.0. The van der Waals surface area contributed by atoms with Gasteiger partial charge in [-0.05, 0) is 50.1 Å². The molecule has 1 aliphatic rings. The van der Waals surface area contributed by atoms with Crippen molar-refractivity contribution in [1.82, 2.24) is 10.3 Å². The Bertz CT molecular complexity index is 335. The lowest BCUT2D eigenvalue weighted by Gasteiger charge is -2.36. The van der Waals surface area contributed by atoms with Gasteiger partial charge in [0.25, 0.3) is 0 Å². The Morgan fingerprint density at radius 3 is 2.89 bits per heavy atom. The normalized spacial score (nSPS) is 27.6. The van der Waals surface area contributed by atoms with Crippen LogP contribution in [-0.2, 0) is 6.42 Å². The Balaban J connectivity index is 1.90. The molecule has 1 N–H and O–H groups in total. The second-order valence-corrected chi connectivity index (χ2v) is 6.92. The van der Waals surface area contributed by atoms with E-state index in [0.29, 0.717) is 0 Å². The predicted molar refractivity (Wildman–Crippen MR) is 83.6 cm³/mol. The summed E-state index contributed by atoms with van der Waals surface area (Å²) in [6.45, 7) is 6.97. The summed E-state index contributed by atoms with van der Waals surface area (Å²) in [6, 6.07) is 0. The van der Waals surface area contributed by atoms with Crippen molar-refractivity contribution in [2.45, 2.75) is 52.4 Å². The Labute approximate surface area is 122 Å². The minimum absolute atomic E-state index is 0.842. The summed E-state index contributed by atoms with van der Waals surface area (Å²) in [5.41, 5.74) is 0. The van der Waals surface area contributed by atoms with Crippen LogP contribution in [0.15, 0.2) is 11.6 Å². The van der Waals surface area contributed by atoms with Crippen LogP contribution in [0.4, 0.5) is 0 Å². The maximum Gasteiger partial charge on any atom is 0.0927 e. The molecule has 0 aromatic carbocycles. The largest absolute Gasteiger partial charge is 0.316 e. The van der Waals surface area contributed by atoms with E-state index in [9.17, 15) is 0 Å². The van der Waals surface area contributed by atoms with Gasteiger partial charge in [-0.2, -0.15) is 0 Å². The average Bonchev–Trinajstić information content (AvgIpc) is 2.93. The molecule has 108 valence electrons. The maximum absolute atomic E-state index is 4.49. The lowest BCUT2D eigenvalue weighted by atomic mass is 9.72. The maximum atomic E-state index is 4.49. The molecule has 19 heavy (non-hydrogen) atoms. The fourth-order valence-corrected chi connectivity index (χ4v) is 4.07. The van der Waals surface area contributed by atoms with E-state index < -0.39 is 0 Å². The van der Waals surface area contributed by atoms with Gasteiger partial charge in [-0.1, -0.05) is 26.7 Å². The van der Waals surface area contributed by atoms with Crippen LogP contribution in [0, 0.1) is 17.8 Å². The molecule has 3 heteroatoms. The summed E-state index contributed by atoms with van der Waals surface area (Å²) in [7, 11) is 0. The molecule has 0 bridgehead atoms. The summed E-state index contributed by atoms with van der Waals surface area (Å²) >= 11 is 1.82. The van der Waals surface area contributed by atoms with Crippen LogP contribution in [0.25, 0.3) is 0 Å². The van der Waals surface area contributed by atoms with E-state index in [2.05, 4.69) is 29.5 Å². The monoisotopic (exact) mass is 280 g/mol. The van der Waals surface area contributed by atoms with E-state index >= 15 is 0 Å². The quantitative estimate of drug-likeness (QED) is 0.760. The number of aromatic nitrogens is 1. The van der Waals surface area contributed by atoms with Gasteiger partial charge >= 0.3 is 0 Å². The number of nitrogens with zero attached hydrogens (tertiary/aromatic N) is 1. The Morgan fingerprint density at radius 1 is 1.32 bits per heavy atom. The second-order valence-electron chi connectivity index (χ2n) is 5.94. The highest BCUT2D eigenvalue weighted by Crippen LogP contribution is 2.37. The van der Waals surface area contributed by atoms with Crippen molar-refractivity contribution < 1.29 is 0 Å². The molecule has 3 atom stereocenters. The molecule has 2 nitrogen and oxygen atoms in total. The highest BCUT2D eigenvalue weighted by atomic mass is 32.1. The molecule has 1 heterocycles. The molecule has 0 amide bonds. The molecule has 1 saturated carbocycles. The van der Waals surface area contributed by atoms with Crippen molar-refractivity contribution >= 4 is 11.3 Å². The zero-order valence-electron chi connectivity index (χ0n) is 12.4. The molecule has 1 aromatic rings. The third kappa shape index (κ3) is 4.57. The van der Waals surface area contributed by atoms with Crippen molar-refractivity contribution in [1.29, 1.82) is 0 Å². The van der Waals surface area contributed by atoms with Gasteiger partial charge < -0.3 is 5.32 Å². The molecule has 0 saturated heterocycles. The molecule has 3 unspecified atom stereocenters. The lowest BCUT2D eigenvalue weighted by Crippen LogP contribution is -2.34. The molecular formula is C16H28N2S. The smallest absolute Gasteiger partial charge is 0.0927 e. The van der Waals surface area contributed by atoms with E-state index in [-0.39, 0.29) is 0 Å². The van der Waals surface area contributed by atoms with Crippen LogP contribution >= 0.6 is 11.3 Å². The second kappa shape index (κ2) is 8.01. The van der Waals surface area contributed by atoms with Gasteiger partial charge in [0.05, 0.1) is 5.01 Å². The molecule has 0 radical (unpaired) electrons. The van der Waals surface area contributed by atoms with Gasteiger partial charge in [-0.25, -0.2) is 4.98 Å². The van der Waals surface area contributed by atoms with E-state index in [1.54, 1.807) is 0 Å². The fraction of sp³-hybridized carbons (Fsp3) is 0.812. The summed E-state index contributed by atoms with van der Waals surface area (Å²) in [4.78, 5) is 4.49. The topological polar surface area (TPSA) is 24.9 Å². The van der Waals surface area contributed by atoms with Crippen molar-refractivity contribution in [3.8, 4) is 0 Å². The Kier molecular flexibility index (Phi) is 6.32. The summed E-state index contributed by atoms with van der Waals surface area (Å²) in [5.74, 6) is 2.65. The van der Waals surface area contributed by atoms with Crippen LogP contribution in [0.5, 0.6) is 0 Å². The van der Waals surface area contributed by atoms with Gasteiger partial charge in [0, 0.05) is 18.0 Å².